The zero-order chi connectivity index (χ0) is 28.1. The van der Waals surface area contributed by atoms with E-state index in [-0.39, 0.29) is 30.4 Å². The smallest absolute Gasteiger partial charge is 0.338 e. The first-order valence-corrected chi connectivity index (χ1v) is 13.6. The zero-order valence-corrected chi connectivity index (χ0v) is 23.1. The summed E-state index contributed by atoms with van der Waals surface area (Å²) in [5.74, 6) is -0.454. The number of carbonyl (C=O) groups excluding carboxylic acids is 1. The van der Waals surface area contributed by atoms with Crippen LogP contribution in [0.3, 0.4) is 0 Å². The second-order valence-electron chi connectivity index (χ2n) is 10.3. The number of esters is 1. The SMILES string of the molecule is COCCOC(=O)C1(OCCOC)CCC(c2cc(C)n3ncc(C4=CC(c5ccc(F)cc5)N=C4)c3n2)CC1. The Morgan fingerprint density at radius 3 is 2.52 bits per heavy atom. The highest BCUT2D eigenvalue weighted by Gasteiger charge is 2.45. The molecule has 2 aliphatic rings. The second kappa shape index (κ2) is 12.4. The summed E-state index contributed by atoms with van der Waals surface area (Å²) in [6.07, 6.45) is 8.22. The molecule has 1 aliphatic heterocycles. The van der Waals surface area contributed by atoms with Crippen LogP contribution < -0.4 is 0 Å². The Labute approximate surface area is 233 Å². The number of aliphatic imine (C=N–C) groups is 1. The van der Waals surface area contributed by atoms with Gasteiger partial charge in [-0.1, -0.05) is 12.1 Å². The Morgan fingerprint density at radius 2 is 1.80 bits per heavy atom. The van der Waals surface area contributed by atoms with E-state index in [4.69, 9.17) is 23.9 Å². The predicted octanol–water partition coefficient (Wildman–Crippen LogP) is 4.63. The van der Waals surface area contributed by atoms with Crippen molar-refractivity contribution >= 4 is 23.4 Å². The molecule has 0 spiro atoms. The molecule has 3 heterocycles. The minimum absolute atomic E-state index is 0.163. The lowest BCUT2D eigenvalue weighted by Crippen LogP contribution is -2.46. The molecular weight excluding hydrogens is 515 g/mol. The third kappa shape index (κ3) is 5.84. The number of halogens is 1. The van der Waals surface area contributed by atoms with E-state index < -0.39 is 5.60 Å². The van der Waals surface area contributed by atoms with Gasteiger partial charge in [-0.25, -0.2) is 18.7 Å². The van der Waals surface area contributed by atoms with Crippen LogP contribution in [0.5, 0.6) is 0 Å². The van der Waals surface area contributed by atoms with Crippen molar-refractivity contribution < 1.29 is 28.1 Å². The molecular formula is C30H35FN4O5. The third-order valence-corrected chi connectivity index (χ3v) is 7.67. The highest BCUT2D eigenvalue weighted by Crippen LogP contribution is 2.41. The van der Waals surface area contributed by atoms with Crippen molar-refractivity contribution in [3.05, 3.63) is 70.9 Å². The molecule has 0 saturated heterocycles. The third-order valence-electron chi connectivity index (χ3n) is 7.67. The van der Waals surface area contributed by atoms with Crippen LogP contribution in [-0.4, -0.2) is 73.0 Å². The maximum absolute atomic E-state index is 13.4. The van der Waals surface area contributed by atoms with E-state index in [9.17, 15) is 9.18 Å². The van der Waals surface area contributed by atoms with Gasteiger partial charge in [0, 0.05) is 48.9 Å². The lowest BCUT2D eigenvalue weighted by atomic mass is 9.77. The van der Waals surface area contributed by atoms with Gasteiger partial charge in [0.05, 0.1) is 32.1 Å². The molecule has 1 aliphatic carbocycles. The van der Waals surface area contributed by atoms with Crippen LogP contribution in [0.4, 0.5) is 4.39 Å². The summed E-state index contributed by atoms with van der Waals surface area (Å²) in [6, 6.07) is 8.30. The standard InChI is InChI=1S/C30H35FN4O5/c1-20-16-27(22-8-10-30(11-9-22,40-15-13-38-3)29(36)39-14-12-37-2)34-28-25(19-33-35(20)28)23-17-26(32-18-23)21-4-6-24(31)7-5-21/h4-7,16-19,22,26H,8-15H2,1-3H3. The molecule has 0 radical (unpaired) electrons. The Kier molecular flexibility index (Phi) is 8.68. The maximum Gasteiger partial charge on any atom is 0.338 e. The van der Waals surface area contributed by atoms with Crippen LogP contribution >= 0.6 is 0 Å². The fourth-order valence-corrected chi connectivity index (χ4v) is 5.43. The molecule has 3 aromatic rings. The number of hydrogen-bond donors (Lipinski definition) is 0. The first-order chi connectivity index (χ1) is 19.4. The van der Waals surface area contributed by atoms with Gasteiger partial charge in [0.2, 0.25) is 0 Å². The summed E-state index contributed by atoms with van der Waals surface area (Å²) < 4.78 is 37.0. The van der Waals surface area contributed by atoms with Crippen molar-refractivity contribution in [2.75, 3.05) is 40.6 Å². The van der Waals surface area contributed by atoms with Gasteiger partial charge >= 0.3 is 5.97 Å². The molecule has 9 nitrogen and oxygen atoms in total. The lowest BCUT2D eigenvalue weighted by molar-refractivity contribution is -0.180. The molecule has 10 heteroatoms. The summed E-state index contributed by atoms with van der Waals surface area (Å²) in [6.45, 7) is 3.27. The van der Waals surface area contributed by atoms with Gasteiger partial charge in [0.25, 0.3) is 0 Å². The molecule has 1 atom stereocenters. The Balaban J connectivity index is 1.35. The van der Waals surface area contributed by atoms with Crippen molar-refractivity contribution in [2.45, 2.75) is 50.2 Å². The fraction of sp³-hybridized carbons (Fsp3) is 0.467. The molecule has 1 aromatic carbocycles. The van der Waals surface area contributed by atoms with E-state index in [0.29, 0.717) is 32.7 Å². The molecule has 2 aromatic heterocycles. The van der Waals surface area contributed by atoms with Crippen molar-refractivity contribution in [2.24, 2.45) is 4.99 Å². The fourth-order valence-electron chi connectivity index (χ4n) is 5.43. The van der Waals surface area contributed by atoms with E-state index in [1.165, 1.54) is 12.1 Å². The predicted molar refractivity (Wildman–Crippen MR) is 148 cm³/mol. The number of nitrogens with zero attached hydrogens (tertiary/aromatic N) is 4. The highest BCUT2D eigenvalue weighted by atomic mass is 19.1. The van der Waals surface area contributed by atoms with Gasteiger partial charge in [-0.15, -0.1) is 0 Å². The van der Waals surface area contributed by atoms with Crippen molar-refractivity contribution in [3.8, 4) is 0 Å². The van der Waals surface area contributed by atoms with E-state index in [1.807, 2.05) is 23.9 Å². The Morgan fingerprint density at radius 1 is 1.07 bits per heavy atom. The Bertz CT molecular complexity index is 1390. The van der Waals surface area contributed by atoms with Gasteiger partial charge in [0.1, 0.15) is 12.4 Å². The summed E-state index contributed by atoms with van der Waals surface area (Å²) in [7, 11) is 3.18. The number of ether oxygens (including phenoxy) is 4. The van der Waals surface area contributed by atoms with Crippen LogP contribution in [0.2, 0.25) is 0 Å². The van der Waals surface area contributed by atoms with Crippen LogP contribution in [-0.2, 0) is 23.7 Å². The van der Waals surface area contributed by atoms with Gasteiger partial charge in [-0.2, -0.15) is 5.10 Å². The highest BCUT2D eigenvalue weighted by molar-refractivity contribution is 6.14. The van der Waals surface area contributed by atoms with Crippen LogP contribution in [0.1, 0.15) is 60.2 Å². The number of allylic oxidation sites excluding steroid dienone is 1. The van der Waals surface area contributed by atoms with Gasteiger partial charge in [-0.05, 0) is 62.4 Å². The van der Waals surface area contributed by atoms with E-state index in [0.717, 1.165) is 46.6 Å². The quantitative estimate of drug-likeness (QED) is 0.254. The number of aromatic nitrogens is 3. The van der Waals surface area contributed by atoms with Crippen LogP contribution in [0.25, 0.3) is 11.2 Å². The first kappa shape index (κ1) is 28.1. The largest absolute Gasteiger partial charge is 0.461 e. The summed E-state index contributed by atoms with van der Waals surface area (Å²) >= 11 is 0. The number of carbonyl (C=O) groups is 1. The zero-order valence-electron chi connectivity index (χ0n) is 23.1. The average molecular weight is 551 g/mol. The van der Waals surface area contributed by atoms with Crippen LogP contribution in [0, 0.1) is 12.7 Å². The molecule has 0 amide bonds. The molecule has 1 unspecified atom stereocenters. The summed E-state index contributed by atoms with van der Waals surface area (Å²) in [5.41, 5.74) is 4.46. The van der Waals surface area contributed by atoms with E-state index in [1.54, 1.807) is 26.4 Å². The molecule has 5 rings (SSSR count). The number of methoxy groups -OCH3 is 2. The topological polar surface area (TPSA) is 96.5 Å². The number of aryl methyl sites for hydroxylation is 1. The molecule has 40 heavy (non-hydrogen) atoms. The lowest BCUT2D eigenvalue weighted by Gasteiger charge is -2.37. The second-order valence-corrected chi connectivity index (χ2v) is 10.3. The number of benzene rings is 1. The minimum Gasteiger partial charge on any atom is -0.461 e. The average Bonchev–Trinajstić information content (AvgIpc) is 3.62. The van der Waals surface area contributed by atoms with E-state index >= 15 is 0 Å². The summed E-state index contributed by atoms with van der Waals surface area (Å²) in [5, 5.41) is 4.58. The maximum atomic E-state index is 13.4. The molecule has 0 N–H and O–H groups in total. The molecule has 0 bridgehead atoms. The van der Waals surface area contributed by atoms with Gasteiger partial charge in [-0.3, -0.25) is 4.99 Å². The van der Waals surface area contributed by atoms with Crippen LogP contribution in [0.15, 0.2) is 47.6 Å². The summed E-state index contributed by atoms with van der Waals surface area (Å²) in [4.78, 5) is 22.7. The van der Waals surface area contributed by atoms with Gasteiger partial charge < -0.3 is 18.9 Å². The molecule has 1 saturated carbocycles. The minimum atomic E-state index is -0.996. The molecule has 212 valence electrons. The Hall–Kier alpha value is -3.47. The monoisotopic (exact) mass is 550 g/mol. The van der Waals surface area contributed by atoms with Crippen molar-refractivity contribution in [3.63, 3.8) is 0 Å². The number of hydrogen-bond acceptors (Lipinski definition) is 8. The first-order valence-electron chi connectivity index (χ1n) is 13.6. The van der Waals surface area contributed by atoms with E-state index in [2.05, 4.69) is 22.2 Å². The normalized spacial score (nSPS) is 22.6. The van der Waals surface area contributed by atoms with Crippen molar-refractivity contribution in [1.82, 2.24) is 14.6 Å². The molecule has 1 fully saturated rings. The number of rotatable bonds is 11. The van der Waals surface area contributed by atoms with Gasteiger partial charge in [0.15, 0.2) is 11.2 Å². The van der Waals surface area contributed by atoms with Crippen molar-refractivity contribution in [1.29, 1.82) is 0 Å². The number of fused-ring (bicyclic) bond motifs is 1.